The van der Waals surface area contributed by atoms with E-state index < -0.39 is 0 Å². The minimum atomic E-state index is -0.200. The van der Waals surface area contributed by atoms with E-state index in [1.807, 2.05) is 31.2 Å². The highest BCUT2D eigenvalue weighted by atomic mass is 16.5. The molecule has 0 N–H and O–H groups in total. The van der Waals surface area contributed by atoms with Crippen LogP contribution in [0, 0.1) is 0 Å². The Morgan fingerprint density at radius 3 is 2.26 bits per heavy atom. The highest BCUT2D eigenvalue weighted by Gasteiger charge is 2.22. The summed E-state index contributed by atoms with van der Waals surface area (Å²) in [5, 5.41) is 0. The molecule has 0 atom stereocenters. The maximum absolute atomic E-state index is 13.5. The van der Waals surface area contributed by atoms with Gasteiger partial charge in [-0.05, 0) is 55.0 Å². The summed E-state index contributed by atoms with van der Waals surface area (Å²) in [5.74, 6) is 2.50. The molecule has 31 heavy (non-hydrogen) atoms. The van der Waals surface area contributed by atoms with Crippen LogP contribution >= 0.6 is 0 Å². The van der Waals surface area contributed by atoms with E-state index in [0.717, 1.165) is 5.56 Å². The first-order valence-corrected chi connectivity index (χ1v) is 9.85. The summed E-state index contributed by atoms with van der Waals surface area (Å²) in [6.07, 6.45) is 1.65. The Hall–Kier alpha value is -3.74. The van der Waals surface area contributed by atoms with Gasteiger partial charge in [-0.15, -0.1) is 0 Å². The van der Waals surface area contributed by atoms with Gasteiger partial charge in [0.2, 0.25) is 5.75 Å². The fourth-order valence-electron chi connectivity index (χ4n) is 3.22. The Kier molecular flexibility index (Phi) is 7.32. The smallest absolute Gasteiger partial charge is 0.259 e. The van der Waals surface area contributed by atoms with E-state index in [1.54, 1.807) is 62.8 Å². The lowest BCUT2D eigenvalue weighted by Gasteiger charge is -2.23. The van der Waals surface area contributed by atoms with Crippen LogP contribution in [0.25, 0.3) is 0 Å². The summed E-state index contributed by atoms with van der Waals surface area (Å²) in [4.78, 5) is 19.5. The number of anilines is 1. The number of hydrogen-bond donors (Lipinski definition) is 0. The summed E-state index contributed by atoms with van der Waals surface area (Å²) >= 11 is 0. The standard InChI is InChI=1S/C24H26N2O5/c1-5-31-19-10-8-9-18(15-19)24(27)26(22-11-6-7-12-25-22)16-17-13-20(28-2)23(30-4)21(14-17)29-3/h6-15H,5,16H2,1-4H3. The summed E-state index contributed by atoms with van der Waals surface area (Å²) in [6.45, 7) is 2.68. The van der Waals surface area contributed by atoms with E-state index >= 15 is 0 Å². The maximum Gasteiger partial charge on any atom is 0.259 e. The minimum Gasteiger partial charge on any atom is -0.494 e. The predicted octanol–water partition coefficient (Wildman–Crippen LogP) is 4.35. The second kappa shape index (κ2) is 10.3. The minimum absolute atomic E-state index is 0.200. The topological polar surface area (TPSA) is 70.1 Å². The number of carbonyl (C=O) groups is 1. The molecular formula is C24H26N2O5. The van der Waals surface area contributed by atoms with Gasteiger partial charge in [-0.25, -0.2) is 4.98 Å². The van der Waals surface area contributed by atoms with Gasteiger partial charge in [-0.2, -0.15) is 0 Å². The Morgan fingerprint density at radius 2 is 1.68 bits per heavy atom. The molecule has 0 saturated heterocycles. The van der Waals surface area contributed by atoms with Gasteiger partial charge in [0, 0.05) is 11.8 Å². The molecule has 0 aliphatic carbocycles. The second-order valence-corrected chi connectivity index (χ2v) is 6.57. The number of amides is 1. The maximum atomic E-state index is 13.5. The molecule has 7 nitrogen and oxygen atoms in total. The van der Waals surface area contributed by atoms with E-state index in [2.05, 4.69) is 4.98 Å². The van der Waals surface area contributed by atoms with Crippen molar-refractivity contribution in [3.63, 3.8) is 0 Å². The molecule has 0 aliphatic heterocycles. The van der Waals surface area contributed by atoms with E-state index in [-0.39, 0.29) is 12.5 Å². The van der Waals surface area contributed by atoms with Crippen LogP contribution in [0.5, 0.6) is 23.0 Å². The molecule has 162 valence electrons. The third-order valence-electron chi connectivity index (χ3n) is 4.63. The molecule has 7 heteroatoms. The first-order valence-electron chi connectivity index (χ1n) is 9.85. The molecule has 0 aliphatic rings. The van der Waals surface area contributed by atoms with Crippen LogP contribution in [0.1, 0.15) is 22.8 Å². The molecule has 0 spiro atoms. The molecule has 2 aromatic carbocycles. The molecule has 3 rings (SSSR count). The first kappa shape index (κ1) is 22.0. The Morgan fingerprint density at radius 1 is 0.935 bits per heavy atom. The molecule has 0 unspecified atom stereocenters. The first-order chi connectivity index (χ1) is 15.1. The van der Waals surface area contributed by atoms with Crippen molar-refractivity contribution in [3.8, 4) is 23.0 Å². The summed E-state index contributed by atoms with van der Waals surface area (Å²) in [5.41, 5.74) is 1.30. The number of rotatable bonds is 9. The van der Waals surface area contributed by atoms with Crippen LogP contribution in [0.4, 0.5) is 5.82 Å². The van der Waals surface area contributed by atoms with Crippen LogP contribution in [0.15, 0.2) is 60.8 Å². The van der Waals surface area contributed by atoms with E-state index in [9.17, 15) is 4.79 Å². The SMILES string of the molecule is CCOc1cccc(C(=O)N(Cc2cc(OC)c(OC)c(OC)c2)c2ccccn2)c1. The van der Waals surface area contributed by atoms with Gasteiger partial charge in [0.15, 0.2) is 11.5 Å². The quantitative estimate of drug-likeness (QED) is 0.511. The Balaban J connectivity index is 2.01. The van der Waals surface area contributed by atoms with Crippen molar-refractivity contribution in [2.75, 3.05) is 32.8 Å². The van der Waals surface area contributed by atoms with Crippen molar-refractivity contribution in [2.45, 2.75) is 13.5 Å². The van der Waals surface area contributed by atoms with Crippen molar-refractivity contribution in [1.29, 1.82) is 0 Å². The van der Waals surface area contributed by atoms with Gasteiger partial charge in [0.1, 0.15) is 11.6 Å². The van der Waals surface area contributed by atoms with Crippen LogP contribution in [0.2, 0.25) is 0 Å². The number of benzene rings is 2. The van der Waals surface area contributed by atoms with E-state index in [1.165, 1.54) is 0 Å². The van der Waals surface area contributed by atoms with E-state index in [4.69, 9.17) is 18.9 Å². The number of methoxy groups -OCH3 is 3. The summed E-state index contributed by atoms with van der Waals surface area (Å²) in [7, 11) is 4.67. The molecule has 3 aromatic rings. The summed E-state index contributed by atoms with van der Waals surface area (Å²) in [6, 6.07) is 16.2. The van der Waals surface area contributed by atoms with Gasteiger partial charge in [-0.3, -0.25) is 9.69 Å². The van der Waals surface area contributed by atoms with Gasteiger partial charge in [0.05, 0.1) is 34.5 Å². The third-order valence-corrected chi connectivity index (χ3v) is 4.63. The largest absolute Gasteiger partial charge is 0.494 e. The Labute approximate surface area is 182 Å². The number of hydrogen-bond acceptors (Lipinski definition) is 6. The number of ether oxygens (including phenoxy) is 4. The highest BCUT2D eigenvalue weighted by molar-refractivity contribution is 6.05. The molecule has 1 amide bonds. The zero-order chi connectivity index (χ0) is 22.2. The lowest BCUT2D eigenvalue weighted by atomic mass is 10.1. The predicted molar refractivity (Wildman–Crippen MR) is 118 cm³/mol. The van der Waals surface area contributed by atoms with Gasteiger partial charge >= 0.3 is 0 Å². The number of carbonyl (C=O) groups excluding carboxylic acids is 1. The van der Waals surface area contributed by atoms with Crippen molar-refractivity contribution < 1.29 is 23.7 Å². The zero-order valence-electron chi connectivity index (χ0n) is 18.1. The second-order valence-electron chi connectivity index (χ2n) is 6.57. The van der Waals surface area contributed by atoms with Crippen molar-refractivity contribution in [3.05, 3.63) is 71.9 Å². The van der Waals surface area contributed by atoms with Crippen molar-refractivity contribution >= 4 is 11.7 Å². The molecule has 1 aromatic heterocycles. The fourth-order valence-corrected chi connectivity index (χ4v) is 3.22. The molecule has 0 fully saturated rings. The van der Waals surface area contributed by atoms with Gasteiger partial charge in [-0.1, -0.05) is 12.1 Å². The number of nitrogens with zero attached hydrogens (tertiary/aromatic N) is 2. The monoisotopic (exact) mass is 422 g/mol. The van der Waals surface area contributed by atoms with Gasteiger partial charge in [0.25, 0.3) is 5.91 Å². The fraction of sp³-hybridized carbons (Fsp3) is 0.250. The molecule has 1 heterocycles. The molecule has 0 radical (unpaired) electrons. The van der Waals surface area contributed by atoms with Crippen molar-refractivity contribution in [2.24, 2.45) is 0 Å². The van der Waals surface area contributed by atoms with Crippen molar-refractivity contribution in [1.82, 2.24) is 4.98 Å². The Bertz CT molecular complexity index is 998. The van der Waals surface area contributed by atoms with E-state index in [0.29, 0.717) is 41.0 Å². The van der Waals surface area contributed by atoms with Gasteiger partial charge < -0.3 is 18.9 Å². The van der Waals surface area contributed by atoms with Crippen LogP contribution in [-0.4, -0.2) is 38.8 Å². The average molecular weight is 422 g/mol. The lowest BCUT2D eigenvalue weighted by Crippen LogP contribution is -2.31. The summed E-state index contributed by atoms with van der Waals surface area (Å²) < 4.78 is 21.9. The molecule has 0 bridgehead atoms. The lowest BCUT2D eigenvalue weighted by molar-refractivity contribution is 0.0984. The molecular weight excluding hydrogens is 396 g/mol. The zero-order valence-corrected chi connectivity index (χ0v) is 18.1. The normalized spacial score (nSPS) is 10.3. The van der Waals surface area contributed by atoms with Crippen LogP contribution in [-0.2, 0) is 6.54 Å². The number of pyridine rings is 1. The van der Waals surface area contributed by atoms with Crippen LogP contribution < -0.4 is 23.8 Å². The molecule has 0 saturated carbocycles. The highest BCUT2D eigenvalue weighted by Crippen LogP contribution is 2.38. The third kappa shape index (κ3) is 5.06. The number of aromatic nitrogens is 1. The van der Waals surface area contributed by atoms with Crippen LogP contribution in [0.3, 0.4) is 0 Å². The average Bonchev–Trinajstić information content (AvgIpc) is 2.82.